The average molecular weight is 239 g/mol. The number of likely N-dealkylation sites (tertiary alicyclic amines) is 1. The zero-order valence-corrected chi connectivity index (χ0v) is 10.6. The Morgan fingerprint density at radius 1 is 1.18 bits per heavy atom. The van der Waals surface area contributed by atoms with E-state index >= 15 is 0 Å². The Hall–Kier alpha value is -0.610. The van der Waals surface area contributed by atoms with E-state index in [-0.39, 0.29) is 18.0 Å². The molecule has 2 rings (SSSR count). The van der Waals surface area contributed by atoms with Crippen molar-refractivity contribution in [1.29, 1.82) is 0 Å². The lowest BCUT2D eigenvalue weighted by Crippen LogP contribution is -2.50. The topological polar surface area (TPSA) is 72.3 Å². The second-order valence-corrected chi connectivity index (χ2v) is 5.54. The molecule has 1 aliphatic heterocycles. The van der Waals surface area contributed by atoms with Crippen LogP contribution in [0, 0.1) is 5.92 Å². The average Bonchev–Trinajstić information content (AvgIpc) is 2.38. The van der Waals surface area contributed by atoms with Gasteiger partial charge in [-0.1, -0.05) is 6.42 Å². The van der Waals surface area contributed by atoms with Crippen LogP contribution in [0.2, 0.25) is 0 Å². The van der Waals surface area contributed by atoms with E-state index in [1.165, 1.54) is 6.42 Å². The van der Waals surface area contributed by atoms with Gasteiger partial charge in [0.2, 0.25) is 5.91 Å². The molecule has 0 aromatic heterocycles. The normalized spacial score (nSPS) is 34.7. The Bertz CT molecular complexity index is 269. The minimum Gasteiger partial charge on any atom is -0.338 e. The second kappa shape index (κ2) is 5.83. The number of hydrogen-bond acceptors (Lipinski definition) is 3. The van der Waals surface area contributed by atoms with Crippen LogP contribution >= 0.6 is 0 Å². The second-order valence-electron chi connectivity index (χ2n) is 5.54. The van der Waals surface area contributed by atoms with Crippen molar-refractivity contribution in [3.05, 3.63) is 0 Å². The molecular weight excluding hydrogens is 214 g/mol. The first kappa shape index (κ1) is 12.8. The van der Waals surface area contributed by atoms with Crippen molar-refractivity contribution in [3.63, 3.8) is 0 Å². The number of nitrogens with zero attached hydrogens (tertiary/aromatic N) is 1. The number of amides is 1. The molecule has 0 aromatic rings. The molecule has 1 saturated carbocycles. The zero-order valence-electron chi connectivity index (χ0n) is 10.6. The number of nitrogens with two attached hydrogens (primary N) is 2. The number of piperidine rings is 1. The van der Waals surface area contributed by atoms with Gasteiger partial charge in [-0.3, -0.25) is 4.79 Å². The molecule has 4 nitrogen and oxygen atoms in total. The van der Waals surface area contributed by atoms with Gasteiger partial charge in [-0.25, -0.2) is 0 Å². The zero-order chi connectivity index (χ0) is 12.3. The number of carbonyl (C=O) groups excluding carboxylic acids is 1. The Balaban J connectivity index is 1.97. The van der Waals surface area contributed by atoms with Crippen LogP contribution in [0.1, 0.15) is 44.9 Å². The van der Waals surface area contributed by atoms with E-state index < -0.39 is 0 Å². The maximum absolute atomic E-state index is 12.5. The van der Waals surface area contributed by atoms with Crippen molar-refractivity contribution in [2.75, 3.05) is 13.1 Å². The molecule has 1 saturated heterocycles. The summed E-state index contributed by atoms with van der Waals surface area (Å²) < 4.78 is 0. The first-order chi connectivity index (χ1) is 8.22. The van der Waals surface area contributed by atoms with Gasteiger partial charge in [0.1, 0.15) is 0 Å². The molecule has 2 fully saturated rings. The summed E-state index contributed by atoms with van der Waals surface area (Å²) in [6, 6.07) is 0.494. The van der Waals surface area contributed by atoms with Crippen molar-refractivity contribution in [2.24, 2.45) is 17.4 Å². The van der Waals surface area contributed by atoms with Crippen molar-refractivity contribution < 1.29 is 4.79 Å². The predicted octanol–water partition coefficient (Wildman–Crippen LogP) is 0.844. The molecule has 17 heavy (non-hydrogen) atoms. The molecule has 1 heterocycles. The van der Waals surface area contributed by atoms with Crippen molar-refractivity contribution in [1.82, 2.24) is 4.90 Å². The highest BCUT2D eigenvalue weighted by Crippen LogP contribution is 2.27. The van der Waals surface area contributed by atoms with Gasteiger partial charge >= 0.3 is 0 Å². The molecule has 3 atom stereocenters. The molecule has 1 amide bonds. The van der Waals surface area contributed by atoms with Crippen LogP contribution in [0.3, 0.4) is 0 Å². The maximum Gasteiger partial charge on any atom is 0.226 e. The molecule has 0 aromatic carbocycles. The van der Waals surface area contributed by atoms with Gasteiger partial charge in [0.25, 0.3) is 0 Å². The summed E-state index contributed by atoms with van der Waals surface area (Å²) in [6.45, 7) is 1.50. The van der Waals surface area contributed by atoms with E-state index in [1.807, 2.05) is 4.90 Å². The van der Waals surface area contributed by atoms with E-state index in [2.05, 4.69) is 0 Å². The molecule has 0 unspecified atom stereocenters. The van der Waals surface area contributed by atoms with E-state index in [0.29, 0.717) is 12.5 Å². The molecule has 1 aliphatic carbocycles. The minimum atomic E-state index is 0.158. The van der Waals surface area contributed by atoms with Crippen LogP contribution in [0.4, 0.5) is 0 Å². The standard InChI is InChI=1S/C13H25N3O/c14-9-12-6-1-2-7-16(12)13(17)10-4-3-5-11(15)8-10/h10-12H,1-9,14-15H2/t10-,11+,12-/m0/s1. The summed E-state index contributed by atoms with van der Waals surface area (Å²) >= 11 is 0. The highest BCUT2D eigenvalue weighted by Gasteiger charge is 2.33. The minimum absolute atomic E-state index is 0.158. The fraction of sp³-hybridized carbons (Fsp3) is 0.923. The molecule has 4 N–H and O–H groups in total. The fourth-order valence-electron chi connectivity index (χ4n) is 3.22. The quantitative estimate of drug-likeness (QED) is 0.750. The van der Waals surface area contributed by atoms with E-state index in [9.17, 15) is 4.79 Å². The van der Waals surface area contributed by atoms with Gasteiger partial charge in [-0.2, -0.15) is 0 Å². The van der Waals surface area contributed by atoms with E-state index in [1.54, 1.807) is 0 Å². The highest BCUT2D eigenvalue weighted by atomic mass is 16.2. The molecular formula is C13H25N3O. The first-order valence-electron chi connectivity index (χ1n) is 6.98. The van der Waals surface area contributed by atoms with Gasteiger partial charge in [0.05, 0.1) is 0 Å². The van der Waals surface area contributed by atoms with Crippen LogP contribution in [-0.2, 0) is 4.79 Å². The fourth-order valence-corrected chi connectivity index (χ4v) is 3.22. The maximum atomic E-state index is 12.5. The summed E-state index contributed by atoms with van der Waals surface area (Å²) in [5.74, 6) is 0.473. The smallest absolute Gasteiger partial charge is 0.226 e. The van der Waals surface area contributed by atoms with Crippen molar-refractivity contribution in [2.45, 2.75) is 57.0 Å². The SMILES string of the molecule is NC[C@@H]1CCCCN1C(=O)[C@H]1CCC[C@@H](N)C1. The van der Waals surface area contributed by atoms with Crippen LogP contribution in [-0.4, -0.2) is 36.0 Å². The monoisotopic (exact) mass is 239 g/mol. The van der Waals surface area contributed by atoms with E-state index in [4.69, 9.17) is 11.5 Å². The van der Waals surface area contributed by atoms with Crippen LogP contribution in [0.15, 0.2) is 0 Å². The molecule has 4 heteroatoms. The molecule has 98 valence electrons. The van der Waals surface area contributed by atoms with Crippen molar-refractivity contribution in [3.8, 4) is 0 Å². The number of carbonyl (C=O) groups is 1. The summed E-state index contributed by atoms with van der Waals surface area (Å²) in [5.41, 5.74) is 11.7. The van der Waals surface area contributed by atoms with Gasteiger partial charge in [0.15, 0.2) is 0 Å². The summed E-state index contributed by atoms with van der Waals surface area (Å²) in [5, 5.41) is 0. The lowest BCUT2D eigenvalue weighted by atomic mass is 9.84. The summed E-state index contributed by atoms with van der Waals surface area (Å²) in [4.78, 5) is 14.5. The highest BCUT2D eigenvalue weighted by molar-refractivity contribution is 5.79. The number of rotatable bonds is 2. The third kappa shape index (κ3) is 2.99. The molecule has 0 radical (unpaired) electrons. The molecule has 0 spiro atoms. The lowest BCUT2D eigenvalue weighted by Gasteiger charge is -2.38. The van der Waals surface area contributed by atoms with Crippen molar-refractivity contribution >= 4 is 5.91 Å². The third-order valence-corrected chi connectivity index (χ3v) is 4.25. The number of hydrogen-bond donors (Lipinski definition) is 2. The lowest BCUT2D eigenvalue weighted by molar-refractivity contribution is -0.140. The summed E-state index contributed by atoms with van der Waals surface area (Å²) in [6.07, 6.45) is 7.45. The van der Waals surface area contributed by atoms with Gasteiger partial charge in [0, 0.05) is 31.1 Å². The summed E-state index contributed by atoms with van der Waals surface area (Å²) in [7, 11) is 0. The predicted molar refractivity (Wildman–Crippen MR) is 68.3 cm³/mol. The molecule has 0 bridgehead atoms. The van der Waals surface area contributed by atoms with Gasteiger partial charge < -0.3 is 16.4 Å². The van der Waals surface area contributed by atoms with E-state index in [0.717, 1.165) is 45.1 Å². The van der Waals surface area contributed by atoms with Gasteiger partial charge in [-0.05, 0) is 38.5 Å². The Kier molecular flexibility index (Phi) is 4.40. The Morgan fingerprint density at radius 2 is 2.00 bits per heavy atom. The first-order valence-corrected chi connectivity index (χ1v) is 6.98. The largest absolute Gasteiger partial charge is 0.338 e. The van der Waals surface area contributed by atoms with Crippen LogP contribution in [0.5, 0.6) is 0 Å². The Morgan fingerprint density at radius 3 is 2.71 bits per heavy atom. The Labute approximate surface area is 104 Å². The van der Waals surface area contributed by atoms with Crippen LogP contribution in [0.25, 0.3) is 0 Å². The van der Waals surface area contributed by atoms with Crippen LogP contribution < -0.4 is 11.5 Å². The van der Waals surface area contributed by atoms with Gasteiger partial charge in [-0.15, -0.1) is 0 Å². The molecule has 2 aliphatic rings. The third-order valence-electron chi connectivity index (χ3n) is 4.25.